The molecule has 0 radical (unpaired) electrons. The van der Waals surface area contributed by atoms with Crippen LogP contribution in [0.4, 0.5) is 5.69 Å². The molecular formula is C15H21NO3. The van der Waals surface area contributed by atoms with Gasteiger partial charge in [-0.2, -0.15) is 0 Å². The van der Waals surface area contributed by atoms with E-state index in [1.807, 2.05) is 0 Å². The van der Waals surface area contributed by atoms with Gasteiger partial charge in [0.2, 0.25) is 0 Å². The molecule has 1 saturated heterocycles. The molecule has 0 aliphatic carbocycles. The molecule has 1 heterocycles. The Hall–Kier alpha value is -1.55. The van der Waals surface area contributed by atoms with Crippen molar-refractivity contribution < 1.29 is 14.6 Å². The van der Waals surface area contributed by atoms with E-state index in [1.165, 1.54) is 16.8 Å². The average molecular weight is 263 g/mol. The van der Waals surface area contributed by atoms with Crippen LogP contribution in [-0.4, -0.2) is 36.9 Å². The van der Waals surface area contributed by atoms with Crippen LogP contribution in [0.2, 0.25) is 0 Å². The molecule has 1 N–H and O–H groups in total. The molecule has 4 nitrogen and oxygen atoms in total. The van der Waals surface area contributed by atoms with E-state index in [4.69, 9.17) is 9.84 Å². The smallest absolute Gasteiger partial charge is 0.303 e. The molecule has 1 aliphatic rings. The van der Waals surface area contributed by atoms with Crippen molar-refractivity contribution in [1.82, 2.24) is 0 Å². The van der Waals surface area contributed by atoms with Crippen molar-refractivity contribution in [2.24, 2.45) is 0 Å². The Bertz CT molecular complexity index is 459. The maximum Gasteiger partial charge on any atom is 0.303 e. The molecule has 1 fully saturated rings. The summed E-state index contributed by atoms with van der Waals surface area (Å²) in [6, 6.07) is 6.45. The lowest BCUT2D eigenvalue weighted by atomic mass is 10.1. The monoisotopic (exact) mass is 263 g/mol. The van der Waals surface area contributed by atoms with Crippen LogP contribution in [-0.2, 0) is 9.53 Å². The summed E-state index contributed by atoms with van der Waals surface area (Å²) in [6.07, 6.45) is 0.772. The van der Waals surface area contributed by atoms with E-state index >= 15 is 0 Å². The molecule has 0 amide bonds. The highest BCUT2D eigenvalue weighted by molar-refractivity contribution is 5.66. The molecule has 1 aromatic rings. The topological polar surface area (TPSA) is 49.8 Å². The summed E-state index contributed by atoms with van der Waals surface area (Å²) < 4.78 is 5.63. The summed E-state index contributed by atoms with van der Waals surface area (Å²) in [7, 11) is 0. The van der Waals surface area contributed by atoms with Crippen molar-refractivity contribution in [2.75, 3.05) is 24.6 Å². The zero-order valence-electron chi connectivity index (χ0n) is 11.6. The first-order chi connectivity index (χ1) is 9.06. The Labute approximate surface area is 114 Å². The Kier molecular flexibility index (Phi) is 4.43. The molecule has 2 rings (SSSR count). The zero-order chi connectivity index (χ0) is 13.8. The van der Waals surface area contributed by atoms with Gasteiger partial charge in [-0.25, -0.2) is 0 Å². The fourth-order valence-corrected chi connectivity index (χ4v) is 2.34. The molecule has 1 unspecified atom stereocenters. The van der Waals surface area contributed by atoms with Crippen molar-refractivity contribution in [3.8, 4) is 0 Å². The molecule has 0 saturated carbocycles. The van der Waals surface area contributed by atoms with Crippen LogP contribution in [0.25, 0.3) is 0 Å². The van der Waals surface area contributed by atoms with Gasteiger partial charge in [0, 0.05) is 25.2 Å². The summed E-state index contributed by atoms with van der Waals surface area (Å²) in [5.41, 5.74) is 3.78. The van der Waals surface area contributed by atoms with Gasteiger partial charge in [-0.05, 0) is 43.5 Å². The van der Waals surface area contributed by atoms with Gasteiger partial charge in [-0.15, -0.1) is 0 Å². The van der Waals surface area contributed by atoms with Gasteiger partial charge < -0.3 is 14.7 Å². The second kappa shape index (κ2) is 6.06. The fraction of sp³-hybridized carbons (Fsp3) is 0.533. The van der Waals surface area contributed by atoms with E-state index in [0.29, 0.717) is 13.0 Å². The normalized spacial score (nSPS) is 19.5. The first-order valence-electron chi connectivity index (χ1n) is 6.72. The highest BCUT2D eigenvalue weighted by Gasteiger charge is 2.21. The molecule has 0 aromatic heterocycles. The number of benzene rings is 1. The van der Waals surface area contributed by atoms with Crippen molar-refractivity contribution in [1.29, 1.82) is 0 Å². The predicted octanol–water partition coefficient (Wildman–Crippen LogP) is 2.37. The Morgan fingerprint density at radius 3 is 2.89 bits per heavy atom. The van der Waals surface area contributed by atoms with Crippen LogP contribution < -0.4 is 4.90 Å². The highest BCUT2D eigenvalue weighted by Crippen LogP contribution is 2.22. The molecule has 1 aromatic carbocycles. The third-order valence-corrected chi connectivity index (χ3v) is 3.67. The van der Waals surface area contributed by atoms with Gasteiger partial charge in [-0.3, -0.25) is 4.79 Å². The minimum atomic E-state index is -0.757. The lowest BCUT2D eigenvalue weighted by molar-refractivity contribution is -0.137. The summed E-state index contributed by atoms with van der Waals surface area (Å²) in [5, 5.41) is 8.72. The lowest BCUT2D eigenvalue weighted by Crippen LogP contribution is -2.42. The number of morpholine rings is 1. The summed E-state index contributed by atoms with van der Waals surface area (Å²) >= 11 is 0. The van der Waals surface area contributed by atoms with E-state index in [9.17, 15) is 4.79 Å². The summed E-state index contributed by atoms with van der Waals surface area (Å²) in [5.74, 6) is -0.757. The minimum absolute atomic E-state index is 0.0199. The first-order valence-corrected chi connectivity index (χ1v) is 6.72. The van der Waals surface area contributed by atoms with E-state index in [-0.39, 0.29) is 12.5 Å². The lowest BCUT2D eigenvalue weighted by Gasteiger charge is -2.34. The van der Waals surface area contributed by atoms with E-state index in [2.05, 4.69) is 36.9 Å². The minimum Gasteiger partial charge on any atom is -0.481 e. The Morgan fingerprint density at radius 1 is 1.42 bits per heavy atom. The number of ether oxygens (including phenoxy) is 1. The molecule has 4 heteroatoms. The number of carboxylic acids is 1. The third-order valence-electron chi connectivity index (χ3n) is 3.67. The number of hydrogen-bond acceptors (Lipinski definition) is 3. The second-order valence-electron chi connectivity index (χ2n) is 5.14. The number of aryl methyl sites for hydroxylation is 2. The van der Waals surface area contributed by atoms with Crippen molar-refractivity contribution in [3.05, 3.63) is 29.3 Å². The van der Waals surface area contributed by atoms with Gasteiger partial charge >= 0.3 is 5.97 Å². The fourth-order valence-electron chi connectivity index (χ4n) is 2.34. The number of carbonyl (C=O) groups is 1. The molecule has 19 heavy (non-hydrogen) atoms. The zero-order valence-corrected chi connectivity index (χ0v) is 11.6. The first kappa shape index (κ1) is 13.9. The Balaban J connectivity index is 2.00. The second-order valence-corrected chi connectivity index (χ2v) is 5.14. The van der Waals surface area contributed by atoms with E-state index in [0.717, 1.165) is 13.1 Å². The molecule has 1 atom stereocenters. The van der Waals surface area contributed by atoms with Crippen LogP contribution in [0.3, 0.4) is 0 Å². The molecule has 0 spiro atoms. The number of nitrogens with zero attached hydrogens (tertiary/aromatic N) is 1. The van der Waals surface area contributed by atoms with Crippen LogP contribution in [0, 0.1) is 13.8 Å². The molecule has 104 valence electrons. The van der Waals surface area contributed by atoms with Gasteiger partial charge in [-0.1, -0.05) is 6.07 Å². The predicted molar refractivity (Wildman–Crippen MR) is 74.7 cm³/mol. The maximum absolute atomic E-state index is 10.6. The van der Waals surface area contributed by atoms with Crippen LogP contribution in [0.1, 0.15) is 24.0 Å². The van der Waals surface area contributed by atoms with Gasteiger partial charge in [0.05, 0.1) is 12.7 Å². The SMILES string of the molecule is Cc1ccc(N2CCOC(CCC(=O)O)C2)cc1C. The van der Waals surface area contributed by atoms with Gasteiger partial charge in [0.1, 0.15) is 0 Å². The van der Waals surface area contributed by atoms with Crippen molar-refractivity contribution in [3.63, 3.8) is 0 Å². The average Bonchev–Trinajstić information content (AvgIpc) is 2.40. The number of rotatable bonds is 4. The molecule has 0 bridgehead atoms. The summed E-state index contributed by atoms with van der Waals surface area (Å²) in [6.45, 7) is 6.52. The van der Waals surface area contributed by atoms with Crippen molar-refractivity contribution >= 4 is 11.7 Å². The van der Waals surface area contributed by atoms with E-state index in [1.54, 1.807) is 0 Å². The van der Waals surface area contributed by atoms with E-state index < -0.39 is 5.97 Å². The largest absolute Gasteiger partial charge is 0.481 e. The van der Waals surface area contributed by atoms with Crippen LogP contribution in [0.5, 0.6) is 0 Å². The molecule has 1 aliphatic heterocycles. The van der Waals surface area contributed by atoms with Gasteiger partial charge in [0.15, 0.2) is 0 Å². The number of anilines is 1. The summed E-state index contributed by atoms with van der Waals surface area (Å²) in [4.78, 5) is 12.9. The standard InChI is InChI=1S/C15H21NO3/c1-11-3-4-13(9-12(11)2)16-7-8-19-14(10-16)5-6-15(17)18/h3-4,9,14H,5-8,10H2,1-2H3,(H,17,18). The Morgan fingerprint density at radius 2 is 2.21 bits per heavy atom. The maximum atomic E-state index is 10.6. The van der Waals surface area contributed by atoms with Crippen LogP contribution in [0.15, 0.2) is 18.2 Å². The quantitative estimate of drug-likeness (QED) is 0.906. The number of carboxylic acid groups (broad SMARTS) is 1. The number of hydrogen-bond donors (Lipinski definition) is 1. The molecular weight excluding hydrogens is 242 g/mol. The third kappa shape index (κ3) is 3.70. The van der Waals surface area contributed by atoms with Crippen molar-refractivity contribution in [2.45, 2.75) is 32.8 Å². The highest BCUT2D eigenvalue weighted by atomic mass is 16.5. The van der Waals surface area contributed by atoms with Gasteiger partial charge in [0.25, 0.3) is 0 Å². The van der Waals surface area contributed by atoms with Crippen LogP contribution >= 0.6 is 0 Å². The number of aliphatic carboxylic acids is 1.